The molecule has 6 nitrogen and oxygen atoms in total. The molecule has 2 aromatic heterocycles. The molecule has 1 amide bonds. The van der Waals surface area contributed by atoms with Gasteiger partial charge < -0.3 is 9.88 Å². The van der Waals surface area contributed by atoms with Crippen molar-refractivity contribution in [2.75, 3.05) is 5.32 Å². The number of hydrogen-bond donors (Lipinski definition) is 1. The highest BCUT2D eigenvalue weighted by Crippen LogP contribution is 2.26. The van der Waals surface area contributed by atoms with Crippen molar-refractivity contribution in [2.45, 2.75) is 32.2 Å². The molecule has 160 valence electrons. The highest BCUT2D eigenvalue weighted by atomic mass is 32.1. The molecule has 1 aliphatic heterocycles. The normalized spacial score (nSPS) is 13.2. The molecule has 3 heterocycles. The van der Waals surface area contributed by atoms with Crippen LogP contribution in [0.4, 0.5) is 5.69 Å². The number of ketones is 1. The average Bonchev–Trinajstić information content (AvgIpc) is 3.44. The molecule has 32 heavy (non-hydrogen) atoms. The van der Waals surface area contributed by atoms with Crippen LogP contribution in [0.5, 0.6) is 0 Å². The summed E-state index contributed by atoms with van der Waals surface area (Å²) in [7, 11) is 0. The predicted octanol–water partition coefficient (Wildman–Crippen LogP) is 5.22. The first-order valence-corrected chi connectivity index (χ1v) is 11.6. The molecule has 4 aromatic rings. The fraction of sp³-hybridized carbons (Fsp3) is 0.200. The lowest BCUT2D eigenvalue weighted by atomic mass is 10.0. The van der Waals surface area contributed by atoms with E-state index < -0.39 is 0 Å². The number of benzene rings is 2. The Labute approximate surface area is 189 Å². The number of carbonyl (C=O) groups is 2. The SMILES string of the molecule is O=C(Nc1cccc(-c2nnc3n2CCCCC3)c1)c1ccccc1C(=O)c1cccs1. The number of nitrogens with one attached hydrogen (secondary N) is 1. The molecule has 0 saturated heterocycles. The Morgan fingerprint density at radius 1 is 0.906 bits per heavy atom. The van der Waals surface area contributed by atoms with Gasteiger partial charge in [-0.3, -0.25) is 9.59 Å². The predicted molar refractivity (Wildman–Crippen MR) is 125 cm³/mol. The van der Waals surface area contributed by atoms with E-state index in [0.717, 1.165) is 43.0 Å². The lowest BCUT2D eigenvalue weighted by molar-refractivity contribution is 0.0998. The smallest absolute Gasteiger partial charge is 0.256 e. The molecule has 5 rings (SSSR count). The van der Waals surface area contributed by atoms with E-state index in [9.17, 15) is 9.59 Å². The second-order valence-corrected chi connectivity index (χ2v) is 8.74. The van der Waals surface area contributed by atoms with Crippen molar-refractivity contribution in [1.82, 2.24) is 14.8 Å². The van der Waals surface area contributed by atoms with E-state index >= 15 is 0 Å². The van der Waals surface area contributed by atoms with Crippen molar-refractivity contribution < 1.29 is 9.59 Å². The van der Waals surface area contributed by atoms with Crippen LogP contribution >= 0.6 is 11.3 Å². The van der Waals surface area contributed by atoms with Crippen molar-refractivity contribution in [2.24, 2.45) is 0 Å². The zero-order valence-corrected chi connectivity index (χ0v) is 18.3. The van der Waals surface area contributed by atoms with E-state index in [1.807, 2.05) is 35.7 Å². The topological polar surface area (TPSA) is 76.9 Å². The molecule has 2 aromatic carbocycles. The number of aromatic nitrogens is 3. The van der Waals surface area contributed by atoms with Crippen LogP contribution in [-0.2, 0) is 13.0 Å². The van der Waals surface area contributed by atoms with Crippen LogP contribution < -0.4 is 5.32 Å². The van der Waals surface area contributed by atoms with Gasteiger partial charge >= 0.3 is 0 Å². The lowest BCUT2D eigenvalue weighted by Crippen LogP contribution is -2.16. The highest BCUT2D eigenvalue weighted by molar-refractivity contribution is 7.12. The highest BCUT2D eigenvalue weighted by Gasteiger charge is 2.20. The Bertz CT molecular complexity index is 1280. The van der Waals surface area contributed by atoms with Gasteiger partial charge in [-0.05, 0) is 42.5 Å². The Hall–Kier alpha value is -3.58. The summed E-state index contributed by atoms with van der Waals surface area (Å²) in [6.45, 7) is 0.909. The summed E-state index contributed by atoms with van der Waals surface area (Å²) in [5.41, 5.74) is 2.31. The number of amides is 1. The second kappa shape index (κ2) is 8.88. The Kier molecular flexibility index (Phi) is 5.64. The van der Waals surface area contributed by atoms with Gasteiger partial charge in [-0.1, -0.05) is 42.8 Å². The number of carbonyl (C=O) groups excluding carboxylic acids is 2. The van der Waals surface area contributed by atoms with Crippen LogP contribution in [0.25, 0.3) is 11.4 Å². The van der Waals surface area contributed by atoms with Crippen LogP contribution in [0.15, 0.2) is 66.0 Å². The number of anilines is 1. The molecular formula is C25H22N4O2S. The van der Waals surface area contributed by atoms with Gasteiger partial charge in [0.15, 0.2) is 5.82 Å². The Morgan fingerprint density at radius 2 is 1.78 bits per heavy atom. The molecule has 1 aliphatic rings. The number of thiophene rings is 1. The standard InChI is InChI=1S/C25H22N4O2S/c30-23(21-12-7-15-32-21)19-10-3-4-11-20(19)25(31)26-18-9-6-8-17(16-18)24-28-27-22-13-2-1-5-14-29(22)24/h3-4,6-12,15-16H,1-2,5,13-14H2,(H,26,31). The van der Waals surface area contributed by atoms with E-state index in [1.54, 1.807) is 30.3 Å². The zero-order chi connectivity index (χ0) is 21.9. The Morgan fingerprint density at radius 3 is 2.62 bits per heavy atom. The summed E-state index contributed by atoms with van der Waals surface area (Å²) < 4.78 is 2.18. The van der Waals surface area contributed by atoms with Crippen molar-refractivity contribution in [3.8, 4) is 11.4 Å². The van der Waals surface area contributed by atoms with Gasteiger partial charge in [0.2, 0.25) is 5.78 Å². The van der Waals surface area contributed by atoms with Crippen LogP contribution in [0.1, 0.15) is 50.7 Å². The average molecular weight is 443 g/mol. The van der Waals surface area contributed by atoms with E-state index in [2.05, 4.69) is 20.1 Å². The summed E-state index contributed by atoms with van der Waals surface area (Å²) in [4.78, 5) is 26.6. The molecular weight excluding hydrogens is 420 g/mol. The van der Waals surface area contributed by atoms with Gasteiger partial charge in [0, 0.05) is 29.8 Å². The summed E-state index contributed by atoms with van der Waals surface area (Å²) in [6, 6.07) is 18.1. The molecule has 0 fully saturated rings. The molecule has 0 bridgehead atoms. The van der Waals surface area contributed by atoms with Crippen LogP contribution in [-0.4, -0.2) is 26.5 Å². The minimum absolute atomic E-state index is 0.148. The number of nitrogens with zero attached hydrogens (tertiary/aromatic N) is 3. The van der Waals surface area contributed by atoms with Crippen molar-refractivity contribution in [1.29, 1.82) is 0 Å². The van der Waals surface area contributed by atoms with E-state index in [0.29, 0.717) is 21.7 Å². The van der Waals surface area contributed by atoms with Gasteiger partial charge in [-0.25, -0.2) is 0 Å². The fourth-order valence-corrected chi connectivity index (χ4v) is 4.73. The lowest BCUT2D eigenvalue weighted by Gasteiger charge is -2.11. The monoisotopic (exact) mass is 442 g/mol. The second-order valence-electron chi connectivity index (χ2n) is 7.79. The molecule has 0 saturated carbocycles. The minimum atomic E-state index is -0.317. The van der Waals surface area contributed by atoms with Crippen molar-refractivity contribution >= 4 is 28.7 Å². The molecule has 0 unspecified atom stereocenters. The summed E-state index contributed by atoms with van der Waals surface area (Å²) in [5, 5.41) is 13.6. The number of fused-ring (bicyclic) bond motifs is 1. The van der Waals surface area contributed by atoms with Gasteiger partial charge in [-0.2, -0.15) is 0 Å². The largest absolute Gasteiger partial charge is 0.322 e. The van der Waals surface area contributed by atoms with E-state index in [-0.39, 0.29) is 11.7 Å². The van der Waals surface area contributed by atoms with Crippen LogP contribution in [0, 0.1) is 0 Å². The van der Waals surface area contributed by atoms with E-state index in [1.165, 1.54) is 17.8 Å². The maximum atomic E-state index is 13.1. The van der Waals surface area contributed by atoms with E-state index in [4.69, 9.17) is 0 Å². The maximum Gasteiger partial charge on any atom is 0.256 e. The molecule has 0 aliphatic carbocycles. The summed E-state index contributed by atoms with van der Waals surface area (Å²) in [5.74, 6) is 1.38. The fourth-order valence-electron chi connectivity index (χ4n) is 4.05. The minimum Gasteiger partial charge on any atom is -0.322 e. The van der Waals surface area contributed by atoms with Gasteiger partial charge in [-0.15, -0.1) is 21.5 Å². The van der Waals surface area contributed by atoms with Crippen LogP contribution in [0.3, 0.4) is 0 Å². The molecule has 0 radical (unpaired) electrons. The quantitative estimate of drug-likeness (QED) is 0.430. The van der Waals surface area contributed by atoms with Gasteiger partial charge in [0.1, 0.15) is 5.82 Å². The first kappa shape index (κ1) is 20.3. The molecule has 0 atom stereocenters. The first-order valence-electron chi connectivity index (χ1n) is 10.7. The molecule has 0 spiro atoms. The number of hydrogen-bond acceptors (Lipinski definition) is 5. The first-order chi connectivity index (χ1) is 15.7. The van der Waals surface area contributed by atoms with Crippen molar-refractivity contribution in [3.63, 3.8) is 0 Å². The number of aryl methyl sites for hydroxylation is 1. The summed E-state index contributed by atoms with van der Waals surface area (Å²) in [6.07, 6.45) is 4.39. The molecule has 7 heteroatoms. The zero-order valence-electron chi connectivity index (χ0n) is 17.5. The third kappa shape index (κ3) is 3.99. The maximum absolute atomic E-state index is 13.1. The summed E-state index contributed by atoms with van der Waals surface area (Å²) >= 11 is 1.37. The van der Waals surface area contributed by atoms with Gasteiger partial charge in [0.25, 0.3) is 5.91 Å². The number of rotatable bonds is 5. The third-order valence-corrected chi connectivity index (χ3v) is 6.52. The van der Waals surface area contributed by atoms with Crippen molar-refractivity contribution in [3.05, 3.63) is 87.9 Å². The van der Waals surface area contributed by atoms with Gasteiger partial charge in [0.05, 0.1) is 10.4 Å². The molecule has 1 N–H and O–H groups in total. The Balaban J connectivity index is 1.41. The third-order valence-electron chi connectivity index (χ3n) is 5.65. The van der Waals surface area contributed by atoms with Crippen LogP contribution in [0.2, 0.25) is 0 Å².